The molecule has 0 saturated heterocycles. The maximum atomic E-state index is 12.6. The lowest BCUT2D eigenvalue weighted by Crippen LogP contribution is -2.09. The summed E-state index contributed by atoms with van der Waals surface area (Å²) < 4.78 is 5.14. The van der Waals surface area contributed by atoms with Crippen LogP contribution in [0.2, 0.25) is 0 Å². The topological polar surface area (TPSA) is 127 Å². The summed E-state index contributed by atoms with van der Waals surface area (Å²) in [6, 6.07) is 7.54. The van der Waals surface area contributed by atoms with Crippen molar-refractivity contribution in [2.24, 2.45) is 0 Å². The molecule has 0 amide bonds. The molecule has 2 aromatic carbocycles. The maximum absolute atomic E-state index is 12.6. The van der Waals surface area contributed by atoms with E-state index < -0.39 is 33.9 Å². The van der Waals surface area contributed by atoms with Crippen molar-refractivity contribution in [3.8, 4) is 11.5 Å². The molecule has 0 aliphatic heterocycles. The third kappa shape index (κ3) is 4.81. The van der Waals surface area contributed by atoms with Gasteiger partial charge in [0.25, 0.3) is 0 Å². The molecule has 8 nitrogen and oxygen atoms in total. The van der Waals surface area contributed by atoms with E-state index >= 15 is 0 Å². The highest BCUT2D eigenvalue weighted by atomic mass is 16.6. The van der Waals surface area contributed by atoms with Crippen LogP contribution >= 0.6 is 0 Å². The molecule has 0 aliphatic rings. The van der Waals surface area contributed by atoms with Crippen molar-refractivity contribution in [2.75, 3.05) is 6.61 Å². The Hall–Kier alpha value is -3.42. The number of nitro benzene ring substituents is 1. The average molecular weight is 373 g/mol. The van der Waals surface area contributed by atoms with Crippen LogP contribution in [0.5, 0.6) is 11.5 Å². The number of carbonyl (C=O) groups is 2. The molecule has 0 fully saturated rings. The van der Waals surface area contributed by atoms with Crippen LogP contribution in [0.1, 0.15) is 52.5 Å². The highest BCUT2D eigenvalue weighted by molar-refractivity contribution is 6.10. The number of nitro groups is 1. The summed E-state index contributed by atoms with van der Waals surface area (Å²) in [5.41, 5.74) is -0.706. The molecular weight excluding hydrogens is 354 g/mol. The Kier molecular flexibility index (Phi) is 6.48. The molecule has 0 saturated carbocycles. The number of unbranched alkanes of at least 4 members (excludes halogenated alkanes) is 2. The minimum Gasteiger partial charge on any atom is -0.504 e. The van der Waals surface area contributed by atoms with Gasteiger partial charge < -0.3 is 14.9 Å². The number of rotatable bonds is 8. The number of aromatic hydroxyl groups is 2. The van der Waals surface area contributed by atoms with E-state index in [1.807, 2.05) is 6.92 Å². The molecule has 0 aromatic heterocycles. The molecule has 0 atom stereocenters. The van der Waals surface area contributed by atoms with Gasteiger partial charge in [-0.25, -0.2) is 4.79 Å². The first-order valence-corrected chi connectivity index (χ1v) is 8.37. The molecule has 0 heterocycles. The first-order chi connectivity index (χ1) is 12.8. The number of ketones is 1. The van der Waals surface area contributed by atoms with Gasteiger partial charge >= 0.3 is 11.7 Å². The maximum Gasteiger partial charge on any atom is 0.338 e. The zero-order valence-corrected chi connectivity index (χ0v) is 14.7. The number of ether oxygens (including phenoxy) is 1. The lowest BCUT2D eigenvalue weighted by Gasteiger charge is -2.07. The number of hydrogen-bond donors (Lipinski definition) is 2. The van der Waals surface area contributed by atoms with Crippen molar-refractivity contribution < 1.29 is 29.5 Å². The zero-order chi connectivity index (χ0) is 20.0. The van der Waals surface area contributed by atoms with Gasteiger partial charge in [0, 0.05) is 17.2 Å². The molecule has 0 aliphatic carbocycles. The molecule has 27 heavy (non-hydrogen) atoms. The van der Waals surface area contributed by atoms with E-state index in [1.165, 1.54) is 24.3 Å². The highest BCUT2D eigenvalue weighted by Gasteiger charge is 2.22. The monoisotopic (exact) mass is 373 g/mol. The predicted molar refractivity (Wildman–Crippen MR) is 96.1 cm³/mol. The van der Waals surface area contributed by atoms with E-state index in [2.05, 4.69) is 0 Å². The van der Waals surface area contributed by atoms with Gasteiger partial charge in [-0.1, -0.05) is 31.9 Å². The number of benzene rings is 2. The molecule has 2 N–H and O–H groups in total. The fourth-order valence-electron chi connectivity index (χ4n) is 2.43. The quantitative estimate of drug-likeness (QED) is 0.181. The lowest BCUT2D eigenvalue weighted by atomic mass is 10.0. The SMILES string of the molecule is CCCCCOC(=O)c1cccc(C(=O)c2cc(O)c(O)c([N+](=O)[O-])c2)c1. The Labute approximate surface area is 155 Å². The molecule has 0 bridgehead atoms. The first kappa shape index (κ1) is 19.9. The second-order valence-electron chi connectivity index (χ2n) is 5.87. The van der Waals surface area contributed by atoms with Gasteiger partial charge in [-0.05, 0) is 24.6 Å². The van der Waals surface area contributed by atoms with Crippen molar-refractivity contribution in [3.05, 3.63) is 63.2 Å². The van der Waals surface area contributed by atoms with Gasteiger partial charge in [-0.2, -0.15) is 0 Å². The van der Waals surface area contributed by atoms with Gasteiger partial charge in [-0.15, -0.1) is 0 Å². The van der Waals surface area contributed by atoms with E-state index in [4.69, 9.17) is 4.74 Å². The van der Waals surface area contributed by atoms with Gasteiger partial charge in [0.2, 0.25) is 5.75 Å². The Bertz CT molecular complexity index is 876. The fourth-order valence-corrected chi connectivity index (χ4v) is 2.43. The molecule has 0 unspecified atom stereocenters. The van der Waals surface area contributed by atoms with Gasteiger partial charge in [0.1, 0.15) is 0 Å². The van der Waals surface area contributed by atoms with Gasteiger partial charge in [0.15, 0.2) is 11.5 Å². The van der Waals surface area contributed by atoms with Crippen LogP contribution in [0.4, 0.5) is 5.69 Å². The van der Waals surface area contributed by atoms with Gasteiger partial charge in [0.05, 0.1) is 17.1 Å². The smallest absolute Gasteiger partial charge is 0.338 e. The van der Waals surface area contributed by atoms with Crippen LogP contribution in [0.3, 0.4) is 0 Å². The van der Waals surface area contributed by atoms with Gasteiger partial charge in [-0.3, -0.25) is 14.9 Å². The Balaban J connectivity index is 2.25. The average Bonchev–Trinajstić information content (AvgIpc) is 2.66. The lowest BCUT2D eigenvalue weighted by molar-refractivity contribution is -0.386. The van der Waals surface area contributed by atoms with Crippen LogP contribution in [-0.2, 0) is 4.74 Å². The summed E-state index contributed by atoms with van der Waals surface area (Å²) in [5, 5.41) is 30.1. The highest BCUT2D eigenvalue weighted by Crippen LogP contribution is 2.36. The summed E-state index contributed by atoms with van der Waals surface area (Å²) in [5.74, 6) is -2.91. The number of phenols is 2. The van der Waals surface area contributed by atoms with E-state index in [-0.39, 0.29) is 23.3 Å². The van der Waals surface area contributed by atoms with Crippen LogP contribution in [0.25, 0.3) is 0 Å². The van der Waals surface area contributed by atoms with Crippen molar-refractivity contribution in [2.45, 2.75) is 26.2 Å². The van der Waals surface area contributed by atoms with Crippen LogP contribution in [-0.4, -0.2) is 33.5 Å². The van der Waals surface area contributed by atoms with E-state index in [1.54, 1.807) is 0 Å². The van der Waals surface area contributed by atoms with Crippen LogP contribution in [0.15, 0.2) is 36.4 Å². The fraction of sp³-hybridized carbons (Fsp3) is 0.263. The standard InChI is InChI=1S/C19H19NO7/c1-2-3-4-8-27-19(24)13-7-5-6-12(9-13)17(22)14-10-15(20(25)26)18(23)16(21)11-14/h5-7,9-11,21,23H,2-4,8H2,1H3. The predicted octanol–water partition coefficient (Wildman–Crippen LogP) is 3.58. The molecule has 142 valence electrons. The van der Waals surface area contributed by atoms with Crippen molar-refractivity contribution in [1.29, 1.82) is 0 Å². The summed E-state index contributed by atoms with van der Waals surface area (Å²) in [6.45, 7) is 2.31. The van der Waals surface area contributed by atoms with Crippen LogP contribution in [0, 0.1) is 10.1 Å². The van der Waals surface area contributed by atoms with E-state index in [0.717, 1.165) is 31.4 Å². The molecule has 2 rings (SSSR count). The summed E-state index contributed by atoms with van der Waals surface area (Å²) >= 11 is 0. The van der Waals surface area contributed by atoms with Crippen LogP contribution < -0.4 is 0 Å². The minimum absolute atomic E-state index is 0.0948. The largest absolute Gasteiger partial charge is 0.504 e. The third-order valence-corrected chi connectivity index (χ3v) is 3.87. The Morgan fingerprint density at radius 2 is 1.78 bits per heavy atom. The van der Waals surface area contributed by atoms with Crippen molar-refractivity contribution in [1.82, 2.24) is 0 Å². The number of nitrogens with zero attached hydrogens (tertiary/aromatic N) is 1. The summed E-state index contributed by atoms with van der Waals surface area (Å²) in [4.78, 5) is 34.7. The molecule has 0 spiro atoms. The molecule has 8 heteroatoms. The number of phenolic OH excluding ortho intramolecular Hbond substituents is 2. The summed E-state index contributed by atoms with van der Waals surface area (Å²) in [7, 11) is 0. The minimum atomic E-state index is -0.916. The second-order valence-corrected chi connectivity index (χ2v) is 5.87. The molecular formula is C19H19NO7. The normalized spacial score (nSPS) is 10.4. The Morgan fingerprint density at radius 1 is 1.07 bits per heavy atom. The van der Waals surface area contributed by atoms with Crippen molar-refractivity contribution in [3.63, 3.8) is 0 Å². The molecule has 2 aromatic rings. The summed E-state index contributed by atoms with van der Waals surface area (Å²) in [6.07, 6.45) is 2.68. The first-order valence-electron chi connectivity index (χ1n) is 8.37. The second kappa shape index (κ2) is 8.79. The third-order valence-electron chi connectivity index (χ3n) is 3.87. The Morgan fingerprint density at radius 3 is 2.44 bits per heavy atom. The van der Waals surface area contributed by atoms with E-state index in [9.17, 15) is 29.9 Å². The zero-order valence-electron chi connectivity index (χ0n) is 14.7. The molecule has 0 radical (unpaired) electrons. The van der Waals surface area contributed by atoms with Crippen molar-refractivity contribution >= 4 is 17.4 Å². The number of esters is 1. The number of carbonyl (C=O) groups excluding carboxylic acids is 2. The number of hydrogen-bond acceptors (Lipinski definition) is 7. The van der Waals surface area contributed by atoms with E-state index in [0.29, 0.717) is 0 Å².